The van der Waals surface area contributed by atoms with Gasteiger partial charge in [-0.3, -0.25) is 9.88 Å². The van der Waals surface area contributed by atoms with E-state index in [0.717, 1.165) is 72.1 Å². The number of nitrogens with one attached hydrogen (secondary N) is 1. The maximum Gasteiger partial charge on any atom is 0.128 e. The van der Waals surface area contributed by atoms with E-state index in [2.05, 4.69) is 34.5 Å². The summed E-state index contributed by atoms with van der Waals surface area (Å²) in [6.45, 7) is 8.79. The first-order valence-corrected chi connectivity index (χ1v) is 12.0. The highest BCUT2D eigenvalue weighted by Crippen LogP contribution is 2.36. The average Bonchev–Trinajstić information content (AvgIpc) is 2.85. The SMILES string of the molecule is CCOc1cc2nc(CC)c(C#N)c(Nc3cccc(Cl)c3)c2cc1/C=C/CN1CCOCC1. The Morgan fingerprint density at radius 1 is 1.24 bits per heavy atom. The third-order valence-electron chi connectivity index (χ3n) is 5.80. The lowest BCUT2D eigenvalue weighted by atomic mass is 10.0. The molecule has 6 nitrogen and oxygen atoms in total. The van der Waals surface area contributed by atoms with Crippen LogP contribution in [0, 0.1) is 11.3 Å². The van der Waals surface area contributed by atoms with Gasteiger partial charge in [0, 0.05) is 47.4 Å². The third-order valence-corrected chi connectivity index (χ3v) is 6.03. The number of hydrogen-bond donors (Lipinski definition) is 1. The first-order valence-electron chi connectivity index (χ1n) is 11.7. The fraction of sp³-hybridized carbons (Fsp3) is 0.333. The Morgan fingerprint density at radius 2 is 2.06 bits per heavy atom. The van der Waals surface area contributed by atoms with Crippen LogP contribution < -0.4 is 10.1 Å². The van der Waals surface area contributed by atoms with Gasteiger partial charge in [-0.05, 0) is 37.6 Å². The molecule has 176 valence electrons. The van der Waals surface area contributed by atoms with Crippen molar-refractivity contribution >= 4 is 40.0 Å². The van der Waals surface area contributed by atoms with E-state index in [-0.39, 0.29) is 0 Å². The van der Waals surface area contributed by atoms with Crippen molar-refractivity contribution in [3.8, 4) is 11.8 Å². The molecule has 0 unspecified atom stereocenters. The number of anilines is 2. The molecule has 0 saturated carbocycles. The molecule has 1 aliphatic rings. The highest BCUT2D eigenvalue weighted by atomic mass is 35.5. The largest absolute Gasteiger partial charge is 0.493 e. The van der Waals surface area contributed by atoms with Crippen LogP contribution in [0.1, 0.15) is 30.7 Å². The molecule has 2 aromatic carbocycles. The van der Waals surface area contributed by atoms with Crippen molar-refractivity contribution in [1.82, 2.24) is 9.88 Å². The minimum Gasteiger partial charge on any atom is -0.493 e. The second-order valence-electron chi connectivity index (χ2n) is 8.06. The zero-order valence-electron chi connectivity index (χ0n) is 19.6. The smallest absolute Gasteiger partial charge is 0.128 e. The Bertz CT molecular complexity index is 1230. The lowest BCUT2D eigenvalue weighted by molar-refractivity contribution is 0.0435. The number of nitrogens with zero attached hydrogens (tertiary/aromatic N) is 3. The zero-order chi connectivity index (χ0) is 23.9. The van der Waals surface area contributed by atoms with Gasteiger partial charge in [0.15, 0.2) is 0 Å². The van der Waals surface area contributed by atoms with Crippen molar-refractivity contribution < 1.29 is 9.47 Å². The summed E-state index contributed by atoms with van der Waals surface area (Å²) in [7, 11) is 0. The highest BCUT2D eigenvalue weighted by molar-refractivity contribution is 6.30. The molecule has 0 aliphatic carbocycles. The number of ether oxygens (including phenoxy) is 2. The van der Waals surface area contributed by atoms with Gasteiger partial charge in [-0.1, -0.05) is 36.7 Å². The molecule has 1 aromatic heterocycles. The van der Waals surface area contributed by atoms with E-state index in [0.29, 0.717) is 23.6 Å². The van der Waals surface area contributed by atoms with Crippen molar-refractivity contribution in [2.75, 3.05) is 44.8 Å². The van der Waals surface area contributed by atoms with Crippen LogP contribution in [0.2, 0.25) is 5.02 Å². The number of benzene rings is 2. The number of halogens is 1. The Balaban J connectivity index is 1.80. The van der Waals surface area contributed by atoms with E-state index >= 15 is 0 Å². The molecule has 1 fully saturated rings. The van der Waals surface area contributed by atoms with Crippen molar-refractivity contribution in [3.05, 3.63) is 64.3 Å². The third kappa shape index (κ3) is 5.51. The molecule has 0 spiro atoms. The predicted octanol–water partition coefficient (Wildman–Crippen LogP) is 5.81. The number of aromatic nitrogens is 1. The van der Waals surface area contributed by atoms with Gasteiger partial charge in [0.25, 0.3) is 0 Å². The molecular weight excluding hydrogens is 448 g/mol. The monoisotopic (exact) mass is 476 g/mol. The van der Waals surface area contributed by atoms with Gasteiger partial charge >= 0.3 is 0 Å². The number of aryl methyl sites for hydroxylation is 1. The first-order chi connectivity index (χ1) is 16.6. The van der Waals surface area contributed by atoms with E-state index in [1.807, 2.05) is 44.2 Å². The Hall–Kier alpha value is -3.11. The lowest BCUT2D eigenvalue weighted by Gasteiger charge is -2.25. The quantitative estimate of drug-likeness (QED) is 0.442. The second-order valence-corrected chi connectivity index (χ2v) is 8.50. The van der Waals surface area contributed by atoms with Gasteiger partial charge < -0.3 is 14.8 Å². The second kappa shape index (κ2) is 11.3. The van der Waals surface area contributed by atoms with Crippen LogP contribution >= 0.6 is 11.6 Å². The number of pyridine rings is 1. The van der Waals surface area contributed by atoms with Crippen LogP contribution in [0.5, 0.6) is 5.75 Å². The van der Waals surface area contributed by atoms with Crippen molar-refractivity contribution in [2.45, 2.75) is 20.3 Å². The van der Waals surface area contributed by atoms with E-state index in [1.54, 1.807) is 0 Å². The topological polar surface area (TPSA) is 70.4 Å². The molecule has 1 aliphatic heterocycles. The molecule has 0 radical (unpaired) electrons. The Kier molecular flexibility index (Phi) is 8.02. The van der Waals surface area contributed by atoms with Crippen LogP contribution in [-0.2, 0) is 11.2 Å². The summed E-state index contributed by atoms with van der Waals surface area (Å²) in [4.78, 5) is 7.16. The number of rotatable bonds is 8. The molecule has 1 saturated heterocycles. The van der Waals surface area contributed by atoms with Crippen LogP contribution in [0.3, 0.4) is 0 Å². The van der Waals surface area contributed by atoms with E-state index in [4.69, 9.17) is 26.1 Å². The van der Waals surface area contributed by atoms with Gasteiger partial charge in [0.05, 0.1) is 42.3 Å². The van der Waals surface area contributed by atoms with E-state index in [9.17, 15) is 5.26 Å². The standard InChI is InChI=1S/C27H29ClN4O2/c1-3-24-23(18-29)27(30-21-9-5-8-20(28)16-21)22-15-19(26(34-4-2)17-25(22)31-24)7-6-10-32-11-13-33-14-12-32/h5-9,15-17H,3-4,10-14H2,1-2H3,(H,30,31)/b7-6+. The molecule has 4 rings (SSSR count). The van der Waals surface area contributed by atoms with Gasteiger partial charge in [0.2, 0.25) is 0 Å². The lowest BCUT2D eigenvalue weighted by Crippen LogP contribution is -2.36. The molecule has 1 N–H and O–H groups in total. The summed E-state index contributed by atoms with van der Waals surface area (Å²) in [6.07, 6.45) is 4.88. The van der Waals surface area contributed by atoms with Crippen molar-refractivity contribution in [2.24, 2.45) is 0 Å². The summed E-state index contributed by atoms with van der Waals surface area (Å²) < 4.78 is 11.4. The van der Waals surface area contributed by atoms with Gasteiger partial charge in [-0.25, -0.2) is 0 Å². The number of fused-ring (bicyclic) bond motifs is 1. The summed E-state index contributed by atoms with van der Waals surface area (Å²) in [5.41, 5.74) is 4.58. The summed E-state index contributed by atoms with van der Waals surface area (Å²) in [6, 6.07) is 13.9. The molecule has 0 bridgehead atoms. The molecule has 7 heteroatoms. The highest BCUT2D eigenvalue weighted by Gasteiger charge is 2.17. The minimum absolute atomic E-state index is 0.544. The molecule has 2 heterocycles. The molecule has 34 heavy (non-hydrogen) atoms. The predicted molar refractivity (Wildman–Crippen MR) is 138 cm³/mol. The zero-order valence-corrected chi connectivity index (χ0v) is 20.4. The van der Waals surface area contributed by atoms with Crippen LogP contribution in [0.15, 0.2) is 42.5 Å². The fourth-order valence-corrected chi connectivity index (χ4v) is 4.29. The van der Waals surface area contributed by atoms with Crippen LogP contribution in [-0.4, -0.2) is 49.3 Å². The normalized spacial score (nSPS) is 14.4. The van der Waals surface area contributed by atoms with E-state index in [1.165, 1.54) is 0 Å². The molecule has 3 aromatic rings. The summed E-state index contributed by atoms with van der Waals surface area (Å²) >= 11 is 6.21. The maximum absolute atomic E-state index is 10.0. The molecule has 0 atom stereocenters. The minimum atomic E-state index is 0.544. The van der Waals surface area contributed by atoms with Crippen LogP contribution in [0.25, 0.3) is 17.0 Å². The van der Waals surface area contributed by atoms with Crippen molar-refractivity contribution in [1.29, 1.82) is 5.26 Å². The molecule has 0 amide bonds. The van der Waals surface area contributed by atoms with E-state index < -0.39 is 0 Å². The fourth-order valence-electron chi connectivity index (χ4n) is 4.10. The Morgan fingerprint density at radius 3 is 2.76 bits per heavy atom. The van der Waals surface area contributed by atoms with Gasteiger partial charge in [-0.15, -0.1) is 0 Å². The number of morpholine rings is 1. The number of nitriles is 1. The summed E-state index contributed by atoms with van der Waals surface area (Å²) in [5, 5.41) is 14.9. The number of hydrogen-bond acceptors (Lipinski definition) is 6. The molecular formula is C27H29ClN4O2. The maximum atomic E-state index is 10.0. The average molecular weight is 477 g/mol. The van der Waals surface area contributed by atoms with Gasteiger partial charge in [0.1, 0.15) is 11.8 Å². The first kappa shape index (κ1) is 24.0. The van der Waals surface area contributed by atoms with Crippen molar-refractivity contribution in [3.63, 3.8) is 0 Å². The Labute approximate surface area is 205 Å². The van der Waals surface area contributed by atoms with Gasteiger partial charge in [-0.2, -0.15) is 5.26 Å². The summed E-state index contributed by atoms with van der Waals surface area (Å²) in [5.74, 6) is 0.779. The van der Waals surface area contributed by atoms with Crippen LogP contribution in [0.4, 0.5) is 11.4 Å².